The van der Waals surface area contributed by atoms with Gasteiger partial charge in [-0.3, -0.25) is 0 Å². The highest BCUT2D eigenvalue weighted by atomic mass is 16.5. The fourth-order valence-electron chi connectivity index (χ4n) is 1.81. The quantitative estimate of drug-likeness (QED) is 0.503. The summed E-state index contributed by atoms with van der Waals surface area (Å²) in [5.74, 6) is -1.33. The van der Waals surface area contributed by atoms with E-state index in [0.717, 1.165) is 6.08 Å². The molecular formula is C18H14O5. The van der Waals surface area contributed by atoms with Crippen molar-refractivity contribution in [2.24, 2.45) is 0 Å². The van der Waals surface area contributed by atoms with Gasteiger partial charge in [0.05, 0.1) is 0 Å². The molecule has 23 heavy (non-hydrogen) atoms. The zero-order valence-electron chi connectivity index (χ0n) is 12.0. The molecule has 0 radical (unpaired) electrons. The third kappa shape index (κ3) is 5.17. The van der Waals surface area contributed by atoms with Crippen LogP contribution < -0.4 is 4.74 Å². The van der Waals surface area contributed by atoms with E-state index in [0.29, 0.717) is 11.1 Å². The van der Waals surface area contributed by atoms with E-state index < -0.39 is 11.9 Å². The topological polar surface area (TPSA) is 83.8 Å². The predicted octanol–water partition coefficient (Wildman–Crippen LogP) is 3.11. The molecule has 2 N–H and O–H groups in total. The summed E-state index contributed by atoms with van der Waals surface area (Å²) >= 11 is 0. The number of hydrogen-bond acceptors (Lipinski definition) is 4. The summed E-state index contributed by atoms with van der Waals surface area (Å²) in [6, 6.07) is 13.0. The summed E-state index contributed by atoms with van der Waals surface area (Å²) < 4.78 is 5.20. The van der Waals surface area contributed by atoms with Gasteiger partial charge in [-0.25, -0.2) is 9.59 Å². The van der Waals surface area contributed by atoms with Crippen molar-refractivity contribution < 1.29 is 24.5 Å². The fourth-order valence-corrected chi connectivity index (χ4v) is 1.81. The molecule has 116 valence electrons. The van der Waals surface area contributed by atoms with Crippen LogP contribution in [0.5, 0.6) is 11.5 Å². The minimum atomic E-state index is -1.09. The molecule has 0 aliphatic heterocycles. The van der Waals surface area contributed by atoms with E-state index in [-0.39, 0.29) is 11.5 Å². The van der Waals surface area contributed by atoms with Gasteiger partial charge in [0.15, 0.2) is 0 Å². The van der Waals surface area contributed by atoms with E-state index in [9.17, 15) is 14.7 Å². The molecule has 2 aromatic rings. The van der Waals surface area contributed by atoms with Gasteiger partial charge in [0.2, 0.25) is 0 Å². The number of phenolic OH excluding ortho intramolecular Hbond substituents is 1. The largest absolute Gasteiger partial charge is 0.508 e. The second kappa shape index (κ2) is 7.61. The smallest absolute Gasteiger partial charge is 0.336 e. The van der Waals surface area contributed by atoms with Gasteiger partial charge < -0.3 is 14.9 Å². The number of phenols is 1. The van der Waals surface area contributed by atoms with Crippen molar-refractivity contribution in [3.63, 3.8) is 0 Å². The summed E-state index contributed by atoms with van der Waals surface area (Å²) in [4.78, 5) is 22.4. The van der Waals surface area contributed by atoms with Gasteiger partial charge >= 0.3 is 11.9 Å². The van der Waals surface area contributed by atoms with Gasteiger partial charge in [-0.1, -0.05) is 30.3 Å². The first-order chi connectivity index (χ1) is 11.0. The predicted molar refractivity (Wildman–Crippen MR) is 85.9 cm³/mol. The molecule has 0 bridgehead atoms. The maximum atomic E-state index is 11.8. The van der Waals surface area contributed by atoms with E-state index in [4.69, 9.17) is 9.84 Å². The molecule has 0 fully saturated rings. The van der Waals surface area contributed by atoms with Gasteiger partial charge in [0.25, 0.3) is 0 Å². The number of aliphatic carboxylic acids is 1. The number of aromatic hydroxyl groups is 1. The summed E-state index contributed by atoms with van der Waals surface area (Å²) in [6.45, 7) is 0. The lowest BCUT2D eigenvalue weighted by Gasteiger charge is -2.05. The molecule has 0 saturated carbocycles. The summed E-state index contributed by atoms with van der Waals surface area (Å²) in [5.41, 5.74) is 1.13. The highest BCUT2D eigenvalue weighted by Crippen LogP contribution is 2.20. The molecule has 0 aliphatic rings. The molecule has 0 aromatic heterocycles. The number of ether oxygens (including phenoxy) is 1. The Morgan fingerprint density at radius 2 is 1.74 bits per heavy atom. The summed E-state index contributed by atoms with van der Waals surface area (Å²) in [6.07, 6.45) is 5.06. The Morgan fingerprint density at radius 1 is 0.957 bits per heavy atom. The van der Waals surface area contributed by atoms with Crippen LogP contribution in [0, 0.1) is 0 Å². The molecule has 0 saturated heterocycles. The van der Waals surface area contributed by atoms with Crippen LogP contribution in [0.15, 0.2) is 60.7 Å². The van der Waals surface area contributed by atoms with Crippen LogP contribution in [-0.4, -0.2) is 22.2 Å². The number of para-hydroxylation sites is 1. The van der Waals surface area contributed by atoms with Crippen molar-refractivity contribution in [2.45, 2.75) is 0 Å². The van der Waals surface area contributed by atoms with Crippen molar-refractivity contribution in [2.75, 3.05) is 0 Å². The zero-order valence-corrected chi connectivity index (χ0v) is 12.0. The van der Waals surface area contributed by atoms with Crippen LogP contribution in [0.1, 0.15) is 11.1 Å². The lowest BCUT2D eigenvalue weighted by atomic mass is 10.2. The van der Waals surface area contributed by atoms with Crippen molar-refractivity contribution in [3.8, 4) is 11.5 Å². The Hall–Kier alpha value is -3.34. The van der Waals surface area contributed by atoms with Crippen LogP contribution in [0.2, 0.25) is 0 Å². The van der Waals surface area contributed by atoms with Crippen molar-refractivity contribution in [3.05, 3.63) is 71.8 Å². The zero-order chi connectivity index (χ0) is 16.7. The highest BCUT2D eigenvalue weighted by Gasteiger charge is 2.05. The second-order valence-electron chi connectivity index (χ2n) is 4.56. The van der Waals surface area contributed by atoms with Gasteiger partial charge in [-0.05, 0) is 35.9 Å². The van der Waals surface area contributed by atoms with Gasteiger partial charge in [-0.15, -0.1) is 0 Å². The van der Waals surface area contributed by atoms with Crippen molar-refractivity contribution in [1.29, 1.82) is 0 Å². The second-order valence-corrected chi connectivity index (χ2v) is 4.56. The molecule has 0 amide bonds. The lowest BCUT2D eigenvalue weighted by molar-refractivity contribution is -0.131. The SMILES string of the molecule is O=C(O)/C=C/c1ccccc1OC(=O)/C=C/c1cccc(O)c1. The highest BCUT2D eigenvalue weighted by molar-refractivity contribution is 5.90. The Balaban J connectivity index is 2.10. The number of benzene rings is 2. The number of carbonyl (C=O) groups excluding carboxylic acids is 1. The van der Waals surface area contributed by atoms with E-state index >= 15 is 0 Å². The molecule has 0 aliphatic carbocycles. The maximum absolute atomic E-state index is 11.8. The average molecular weight is 310 g/mol. The molecule has 0 atom stereocenters. The molecular weight excluding hydrogens is 296 g/mol. The first-order valence-corrected chi connectivity index (χ1v) is 6.73. The number of esters is 1. The molecule has 0 unspecified atom stereocenters. The molecule has 2 aromatic carbocycles. The van der Waals surface area contributed by atoms with Gasteiger partial charge in [0, 0.05) is 17.7 Å². The fraction of sp³-hybridized carbons (Fsp3) is 0. The molecule has 2 rings (SSSR count). The van der Waals surface area contributed by atoms with Crippen molar-refractivity contribution >= 4 is 24.1 Å². The monoisotopic (exact) mass is 310 g/mol. The van der Waals surface area contributed by atoms with E-state index in [1.54, 1.807) is 36.4 Å². The van der Waals surface area contributed by atoms with Crippen LogP contribution >= 0.6 is 0 Å². The Bertz CT molecular complexity index is 774. The van der Waals surface area contributed by atoms with Gasteiger partial charge in [-0.2, -0.15) is 0 Å². The summed E-state index contributed by atoms with van der Waals surface area (Å²) in [5, 5.41) is 18.0. The molecule has 0 heterocycles. The maximum Gasteiger partial charge on any atom is 0.336 e. The Morgan fingerprint density at radius 3 is 2.48 bits per heavy atom. The Kier molecular flexibility index (Phi) is 5.30. The van der Waals surface area contributed by atoms with Gasteiger partial charge in [0.1, 0.15) is 11.5 Å². The van der Waals surface area contributed by atoms with E-state index in [2.05, 4.69) is 0 Å². The minimum absolute atomic E-state index is 0.102. The third-order valence-electron chi connectivity index (χ3n) is 2.82. The first kappa shape index (κ1) is 16.0. The van der Waals surface area contributed by atoms with Crippen LogP contribution in [-0.2, 0) is 9.59 Å². The lowest BCUT2D eigenvalue weighted by Crippen LogP contribution is -2.04. The minimum Gasteiger partial charge on any atom is -0.508 e. The van der Waals surface area contributed by atoms with E-state index in [1.165, 1.54) is 30.4 Å². The number of carboxylic acid groups (broad SMARTS) is 1. The summed E-state index contributed by atoms with van der Waals surface area (Å²) in [7, 11) is 0. The average Bonchev–Trinajstić information content (AvgIpc) is 2.52. The van der Waals surface area contributed by atoms with Crippen LogP contribution in [0.4, 0.5) is 0 Å². The number of hydrogen-bond donors (Lipinski definition) is 2. The first-order valence-electron chi connectivity index (χ1n) is 6.73. The van der Waals surface area contributed by atoms with Crippen molar-refractivity contribution in [1.82, 2.24) is 0 Å². The number of carbonyl (C=O) groups is 2. The Labute approximate surface area is 132 Å². The molecule has 5 heteroatoms. The standard InChI is InChI=1S/C18H14O5/c19-15-6-3-4-13(12-15)8-11-18(22)23-16-7-2-1-5-14(16)9-10-17(20)21/h1-12,19H,(H,20,21)/b10-9+,11-8+. The number of rotatable bonds is 5. The van der Waals surface area contributed by atoms with Crippen LogP contribution in [0.25, 0.3) is 12.2 Å². The molecule has 5 nitrogen and oxygen atoms in total. The normalized spacial score (nSPS) is 11.0. The number of carboxylic acids is 1. The third-order valence-corrected chi connectivity index (χ3v) is 2.82. The van der Waals surface area contributed by atoms with E-state index in [1.807, 2.05) is 0 Å². The van der Waals surface area contributed by atoms with Crippen LogP contribution in [0.3, 0.4) is 0 Å². The molecule has 0 spiro atoms.